The normalized spacial score (nSPS) is 10.7. The van der Waals surface area contributed by atoms with E-state index in [0.717, 1.165) is 39.6 Å². The maximum absolute atomic E-state index is 13.7. The Labute approximate surface area is 229 Å². The van der Waals surface area contributed by atoms with Gasteiger partial charge in [0.15, 0.2) is 11.4 Å². The van der Waals surface area contributed by atoms with Crippen molar-refractivity contribution in [2.24, 2.45) is 0 Å². The molecule has 4 aromatic carbocycles. The summed E-state index contributed by atoms with van der Waals surface area (Å²) in [5.41, 5.74) is 6.31. The number of carbonyl (C=O) groups is 1. The van der Waals surface area contributed by atoms with Crippen LogP contribution in [0.1, 0.15) is 58.1 Å². The molecule has 1 amide bonds. The highest BCUT2D eigenvalue weighted by atomic mass is 16.3. The van der Waals surface area contributed by atoms with Crippen molar-refractivity contribution in [2.75, 3.05) is 0 Å². The average Bonchev–Trinajstić information content (AvgIpc) is 3.41. The molecule has 0 atom stereocenters. The monoisotopic (exact) mass is 512 g/mol. The molecule has 0 spiro atoms. The van der Waals surface area contributed by atoms with Crippen LogP contribution < -0.4 is 0 Å². The van der Waals surface area contributed by atoms with Gasteiger partial charge >= 0.3 is 0 Å². The van der Waals surface area contributed by atoms with E-state index in [1.807, 2.05) is 48.5 Å². The maximum atomic E-state index is 13.7. The van der Waals surface area contributed by atoms with Crippen molar-refractivity contribution in [2.45, 2.75) is 39.3 Å². The number of para-hydroxylation sites is 1. The second-order valence-electron chi connectivity index (χ2n) is 9.67. The molecule has 1 radical (unpaired) electrons. The van der Waals surface area contributed by atoms with E-state index in [2.05, 4.69) is 53.2 Å². The first-order chi connectivity index (χ1) is 19.1. The van der Waals surface area contributed by atoms with Gasteiger partial charge < -0.3 is 4.90 Å². The van der Waals surface area contributed by atoms with E-state index in [1.54, 1.807) is 17.0 Å². The molecule has 1 aromatic heterocycles. The Morgan fingerprint density at radius 1 is 0.769 bits per heavy atom. The van der Waals surface area contributed by atoms with Gasteiger partial charge in [-0.2, -0.15) is 5.10 Å². The lowest BCUT2D eigenvalue weighted by Crippen LogP contribution is -2.30. The Morgan fingerprint density at radius 3 is 1.95 bits per heavy atom. The molecule has 0 saturated heterocycles. The van der Waals surface area contributed by atoms with E-state index in [9.17, 15) is 9.90 Å². The number of fused-ring (bicyclic) bond motifs is 1. The Bertz CT molecular complexity index is 1610. The maximum Gasteiger partial charge on any atom is 0.275 e. The lowest BCUT2D eigenvalue weighted by atomic mass is 10.1. The number of aryl methyl sites for hydroxylation is 1. The number of amides is 1. The highest BCUT2D eigenvalue weighted by molar-refractivity contribution is 6.04. The van der Waals surface area contributed by atoms with Crippen LogP contribution in [0.5, 0.6) is 5.75 Å². The average molecular weight is 513 g/mol. The predicted molar refractivity (Wildman–Crippen MR) is 154 cm³/mol. The van der Waals surface area contributed by atoms with Crippen LogP contribution in [0, 0.1) is 11.8 Å². The van der Waals surface area contributed by atoms with Gasteiger partial charge in [0.1, 0.15) is 0 Å². The summed E-state index contributed by atoms with van der Waals surface area (Å²) in [7, 11) is 0. The van der Waals surface area contributed by atoms with Crippen molar-refractivity contribution in [3.63, 3.8) is 0 Å². The minimum absolute atomic E-state index is 0.0564. The van der Waals surface area contributed by atoms with E-state index < -0.39 is 0 Å². The molecule has 1 heterocycles. The Hall–Kier alpha value is -4.82. The molecule has 0 unspecified atom stereocenters. The van der Waals surface area contributed by atoms with Crippen molar-refractivity contribution in [3.8, 4) is 17.6 Å². The summed E-state index contributed by atoms with van der Waals surface area (Å²) in [6, 6.07) is 30.6. The number of H-pyrrole nitrogens is 1. The van der Waals surface area contributed by atoms with Crippen molar-refractivity contribution in [3.05, 3.63) is 131 Å². The number of unbranched alkanes of at least 4 members (excludes halogenated alkanes) is 1. The molecule has 0 fully saturated rings. The molecule has 193 valence electrons. The van der Waals surface area contributed by atoms with Gasteiger partial charge in [-0.05, 0) is 72.0 Å². The van der Waals surface area contributed by atoms with E-state index in [4.69, 9.17) is 0 Å². The number of aromatic amines is 1. The fourth-order valence-electron chi connectivity index (χ4n) is 4.48. The summed E-state index contributed by atoms with van der Waals surface area (Å²) in [6.45, 7) is 2.96. The zero-order chi connectivity index (χ0) is 27.0. The van der Waals surface area contributed by atoms with Gasteiger partial charge in [-0.25, -0.2) is 0 Å². The Balaban J connectivity index is 1.33. The lowest BCUT2D eigenvalue weighted by molar-refractivity contribution is 0.0726. The van der Waals surface area contributed by atoms with Gasteiger partial charge in [0.05, 0.1) is 5.52 Å². The largest absolute Gasteiger partial charge is 0.329 e. The summed E-state index contributed by atoms with van der Waals surface area (Å²) in [5.74, 6) is 6.25. The second kappa shape index (κ2) is 12.1. The fourth-order valence-corrected chi connectivity index (χ4v) is 4.48. The second-order valence-corrected chi connectivity index (χ2v) is 9.67. The molecular formula is C34H30N3O2. The number of nitrogens with zero attached hydrogens (tertiary/aromatic N) is 2. The molecule has 0 aliphatic carbocycles. The smallest absolute Gasteiger partial charge is 0.275 e. The first-order valence-corrected chi connectivity index (χ1v) is 13.3. The van der Waals surface area contributed by atoms with E-state index in [1.165, 1.54) is 30.5 Å². The van der Waals surface area contributed by atoms with Crippen LogP contribution in [0.15, 0.2) is 97.1 Å². The van der Waals surface area contributed by atoms with Gasteiger partial charge in [0, 0.05) is 29.6 Å². The predicted octanol–water partition coefficient (Wildman–Crippen LogP) is 7.29. The zero-order valence-electron chi connectivity index (χ0n) is 22.0. The van der Waals surface area contributed by atoms with Gasteiger partial charge in [-0.3, -0.25) is 15.0 Å². The van der Waals surface area contributed by atoms with Gasteiger partial charge in [-0.1, -0.05) is 79.8 Å². The van der Waals surface area contributed by atoms with Crippen molar-refractivity contribution < 1.29 is 9.90 Å². The summed E-state index contributed by atoms with van der Waals surface area (Å²) in [5, 5.41) is 19.6. The van der Waals surface area contributed by atoms with E-state index in [0.29, 0.717) is 18.8 Å². The van der Waals surface area contributed by atoms with Crippen LogP contribution >= 0.6 is 0 Å². The number of aromatic nitrogens is 2. The van der Waals surface area contributed by atoms with Crippen LogP contribution in [-0.4, -0.2) is 21.0 Å². The topological polar surface area (TPSA) is 68.9 Å². The summed E-state index contributed by atoms with van der Waals surface area (Å²) < 4.78 is 0. The standard InChI is InChI=1S/C34H30N3O2/c1-2-3-6-25-9-11-26(12-10-25)13-14-27-15-17-28(18-16-27)23-37(24-29-19-21-30(38)22-20-29)34(39)33-31-7-4-5-8-32(31)35-36-33/h4-5,7-12,15-22H,2-3,6,23-24H2,1H3,(H,35,36). The van der Waals surface area contributed by atoms with Crippen LogP contribution in [-0.2, 0) is 24.6 Å². The number of carbonyl (C=O) groups excluding carboxylic acids is 1. The lowest BCUT2D eigenvalue weighted by Gasteiger charge is -2.22. The molecule has 1 N–H and O–H groups in total. The number of rotatable bonds is 8. The van der Waals surface area contributed by atoms with Crippen LogP contribution in [0.3, 0.4) is 0 Å². The van der Waals surface area contributed by atoms with Crippen molar-refractivity contribution >= 4 is 16.8 Å². The summed E-state index contributed by atoms with van der Waals surface area (Å²) >= 11 is 0. The molecule has 5 nitrogen and oxygen atoms in total. The van der Waals surface area contributed by atoms with Gasteiger partial charge in [0.25, 0.3) is 5.91 Å². The first kappa shape index (κ1) is 25.8. The van der Waals surface area contributed by atoms with Crippen LogP contribution in [0.4, 0.5) is 0 Å². The molecule has 0 aliphatic heterocycles. The van der Waals surface area contributed by atoms with Crippen LogP contribution in [0.25, 0.3) is 10.9 Å². The molecule has 0 aliphatic rings. The molecule has 0 bridgehead atoms. The van der Waals surface area contributed by atoms with Gasteiger partial charge in [0.2, 0.25) is 0 Å². The minimum atomic E-state index is -0.176. The third kappa shape index (κ3) is 6.55. The summed E-state index contributed by atoms with van der Waals surface area (Å²) in [4.78, 5) is 15.4. The van der Waals surface area contributed by atoms with E-state index >= 15 is 0 Å². The Kier molecular flexibility index (Phi) is 8.04. The summed E-state index contributed by atoms with van der Waals surface area (Å²) in [6.07, 6.45) is 3.49. The molecule has 5 heteroatoms. The third-order valence-corrected chi connectivity index (χ3v) is 6.71. The van der Waals surface area contributed by atoms with Crippen LogP contribution in [0.2, 0.25) is 0 Å². The quantitative estimate of drug-likeness (QED) is 0.222. The molecule has 5 aromatic rings. The highest BCUT2D eigenvalue weighted by Crippen LogP contribution is 2.21. The molecular weight excluding hydrogens is 482 g/mol. The fraction of sp³-hybridized carbons (Fsp3) is 0.176. The zero-order valence-corrected chi connectivity index (χ0v) is 22.0. The Morgan fingerprint density at radius 2 is 1.33 bits per heavy atom. The number of hydrogen-bond acceptors (Lipinski definition) is 2. The van der Waals surface area contributed by atoms with Crippen molar-refractivity contribution in [1.29, 1.82) is 0 Å². The third-order valence-electron chi connectivity index (χ3n) is 6.71. The number of benzene rings is 4. The number of nitrogens with one attached hydrogen (secondary N) is 1. The van der Waals surface area contributed by atoms with Gasteiger partial charge in [-0.15, -0.1) is 0 Å². The SMILES string of the molecule is CCCCc1ccc(C#Cc2ccc(CN(Cc3ccc([O])cc3)C(=O)c3n[nH]c4ccccc34)cc2)cc1. The first-order valence-electron chi connectivity index (χ1n) is 13.3. The van der Waals surface area contributed by atoms with Crippen molar-refractivity contribution in [1.82, 2.24) is 15.1 Å². The highest BCUT2D eigenvalue weighted by Gasteiger charge is 2.21. The molecule has 0 saturated carbocycles. The molecule has 39 heavy (non-hydrogen) atoms. The molecule has 5 rings (SSSR count). The van der Waals surface area contributed by atoms with E-state index in [-0.39, 0.29) is 11.7 Å². The number of hydrogen-bond donors (Lipinski definition) is 1. The minimum Gasteiger partial charge on any atom is -0.329 e.